The highest BCUT2D eigenvalue weighted by Crippen LogP contribution is 2.39. The summed E-state index contributed by atoms with van der Waals surface area (Å²) in [5.74, 6) is -2.50. The Morgan fingerprint density at radius 1 is 1.19 bits per heavy atom. The minimum absolute atomic E-state index is 0.0437. The lowest BCUT2D eigenvalue weighted by molar-refractivity contribution is -0.192. The number of hydrogen-bond acceptors (Lipinski definition) is 5. The molecule has 8 nitrogen and oxygen atoms in total. The van der Waals surface area contributed by atoms with Crippen molar-refractivity contribution in [1.82, 2.24) is 9.88 Å². The number of likely N-dealkylation sites (tertiary alicyclic amines) is 1. The predicted octanol–water partition coefficient (Wildman–Crippen LogP) is 3.11. The summed E-state index contributed by atoms with van der Waals surface area (Å²) in [6, 6.07) is 7.09. The fourth-order valence-electron chi connectivity index (χ4n) is 3.86. The van der Waals surface area contributed by atoms with Crippen LogP contribution in [-0.2, 0) is 9.59 Å². The van der Waals surface area contributed by atoms with Crippen LogP contribution in [0.2, 0.25) is 0 Å². The van der Waals surface area contributed by atoms with E-state index in [-0.39, 0.29) is 11.8 Å². The van der Waals surface area contributed by atoms with E-state index >= 15 is 0 Å². The van der Waals surface area contributed by atoms with Crippen molar-refractivity contribution in [2.75, 3.05) is 18.0 Å². The molecule has 11 heteroatoms. The van der Waals surface area contributed by atoms with Crippen molar-refractivity contribution in [1.29, 1.82) is 0 Å². The van der Waals surface area contributed by atoms with Crippen LogP contribution in [0.4, 0.5) is 18.9 Å². The summed E-state index contributed by atoms with van der Waals surface area (Å²) in [5.41, 5.74) is 0.338. The van der Waals surface area contributed by atoms with Crippen LogP contribution in [0.1, 0.15) is 36.2 Å². The number of halogens is 3. The Kier molecular flexibility index (Phi) is 6.32. The Morgan fingerprint density at radius 2 is 1.94 bits per heavy atom. The Bertz CT molecular complexity index is 933. The van der Waals surface area contributed by atoms with E-state index < -0.39 is 17.7 Å². The molecular formula is C20H20F3N3O5. The third-order valence-electron chi connectivity index (χ3n) is 5.26. The van der Waals surface area contributed by atoms with Crippen LogP contribution in [-0.4, -0.2) is 57.6 Å². The minimum Gasteiger partial charge on any atom is -0.475 e. The van der Waals surface area contributed by atoms with Gasteiger partial charge in [-0.25, -0.2) is 4.79 Å². The topological polar surface area (TPSA) is 104 Å². The van der Waals surface area contributed by atoms with Crippen molar-refractivity contribution in [3.63, 3.8) is 0 Å². The number of alkyl halides is 3. The second-order valence-corrected chi connectivity index (χ2v) is 7.29. The van der Waals surface area contributed by atoms with Crippen LogP contribution >= 0.6 is 0 Å². The van der Waals surface area contributed by atoms with Gasteiger partial charge in [0.1, 0.15) is 0 Å². The molecule has 0 saturated carbocycles. The van der Waals surface area contributed by atoms with Gasteiger partial charge in [-0.2, -0.15) is 13.2 Å². The van der Waals surface area contributed by atoms with Gasteiger partial charge in [0.15, 0.2) is 5.76 Å². The molecule has 0 radical (unpaired) electrons. The van der Waals surface area contributed by atoms with Crippen LogP contribution in [0.25, 0.3) is 0 Å². The fourth-order valence-corrected chi connectivity index (χ4v) is 3.86. The van der Waals surface area contributed by atoms with Crippen molar-refractivity contribution in [2.24, 2.45) is 0 Å². The zero-order valence-corrected chi connectivity index (χ0v) is 16.3. The number of anilines is 1. The number of furan rings is 1. The highest BCUT2D eigenvalue weighted by molar-refractivity contribution is 5.99. The highest BCUT2D eigenvalue weighted by atomic mass is 19.4. The third kappa shape index (κ3) is 4.86. The van der Waals surface area contributed by atoms with Gasteiger partial charge in [-0.1, -0.05) is 0 Å². The fraction of sp³-hybridized carbons (Fsp3) is 0.400. The van der Waals surface area contributed by atoms with Gasteiger partial charge in [-0.05, 0) is 43.5 Å². The molecule has 2 aromatic heterocycles. The Hall–Kier alpha value is -3.37. The largest absolute Gasteiger partial charge is 0.490 e. The first-order chi connectivity index (χ1) is 14.6. The minimum atomic E-state index is -5.08. The number of aliphatic carboxylic acids is 1. The van der Waals surface area contributed by atoms with E-state index in [1.54, 1.807) is 29.4 Å². The van der Waals surface area contributed by atoms with Gasteiger partial charge in [-0.15, -0.1) is 0 Å². The molecule has 166 valence electrons. The molecule has 1 unspecified atom stereocenters. The molecule has 1 N–H and O–H groups in total. The first-order valence-electron chi connectivity index (χ1n) is 9.50. The molecule has 2 aromatic rings. The number of carboxylic acid groups (broad SMARTS) is 1. The van der Waals surface area contributed by atoms with Crippen molar-refractivity contribution < 1.29 is 37.1 Å². The van der Waals surface area contributed by atoms with E-state index in [9.17, 15) is 22.8 Å². The molecule has 0 aromatic carbocycles. The summed E-state index contributed by atoms with van der Waals surface area (Å²) in [4.78, 5) is 42.1. The van der Waals surface area contributed by atoms with E-state index in [2.05, 4.69) is 4.98 Å². The molecule has 4 rings (SSSR count). The van der Waals surface area contributed by atoms with Crippen molar-refractivity contribution in [3.8, 4) is 0 Å². The van der Waals surface area contributed by atoms with Crippen LogP contribution in [0, 0.1) is 0 Å². The van der Waals surface area contributed by atoms with Crippen LogP contribution in [0.5, 0.6) is 0 Å². The van der Waals surface area contributed by atoms with Crippen LogP contribution in [0.3, 0.4) is 0 Å². The van der Waals surface area contributed by atoms with Crippen LogP contribution in [0.15, 0.2) is 47.3 Å². The van der Waals surface area contributed by atoms with E-state index in [1.807, 2.05) is 17.0 Å². The maximum atomic E-state index is 12.9. The maximum absolute atomic E-state index is 12.9. The average molecular weight is 439 g/mol. The smallest absolute Gasteiger partial charge is 0.475 e. The van der Waals surface area contributed by atoms with Gasteiger partial charge in [0.25, 0.3) is 5.91 Å². The normalized spacial score (nSPS) is 21.1. The average Bonchev–Trinajstić information content (AvgIpc) is 3.37. The second kappa shape index (κ2) is 8.78. The number of carbonyl (C=O) groups excluding carboxylic acids is 2. The first-order valence-corrected chi connectivity index (χ1v) is 9.50. The zero-order chi connectivity index (χ0) is 22.6. The Balaban J connectivity index is 0.000000339. The monoisotopic (exact) mass is 439 g/mol. The van der Waals surface area contributed by atoms with Gasteiger partial charge in [-0.3, -0.25) is 14.6 Å². The van der Waals surface area contributed by atoms with E-state index in [0.717, 1.165) is 24.9 Å². The molecule has 0 aliphatic carbocycles. The summed E-state index contributed by atoms with van der Waals surface area (Å²) in [6.07, 6.45) is 2.97. The number of piperidine rings is 1. The van der Waals surface area contributed by atoms with Gasteiger partial charge >= 0.3 is 12.1 Å². The number of carboxylic acids is 1. The standard InChI is InChI=1S/C18H19N3O3.C2HF3O2/c22-16-11-18(13-20(16)14-5-3-8-19-12-14)7-1-2-9-21(18)17(23)15-6-4-10-24-15;3-2(4,5)1(6)7/h3-6,8,10,12H,1-2,7,9,11,13H2;(H,6,7). The number of aromatic nitrogens is 1. The first kappa shape index (κ1) is 22.3. The molecule has 2 amide bonds. The summed E-state index contributed by atoms with van der Waals surface area (Å²) >= 11 is 0. The van der Waals surface area contributed by atoms with E-state index in [1.165, 1.54) is 6.26 Å². The number of amides is 2. The SMILES string of the molecule is O=C(O)C(F)(F)F.O=C1CC2(CCCCN2C(=O)c2ccco2)CN1c1cccnc1. The molecule has 1 atom stereocenters. The molecule has 2 aliphatic heterocycles. The molecule has 2 saturated heterocycles. The summed E-state index contributed by atoms with van der Waals surface area (Å²) in [5, 5.41) is 7.12. The molecule has 31 heavy (non-hydrogen) atoms. The lowest BCUT2D eigenvalue weighted by Gasteiger charge is -2.43. The maximum Gasteiger partial charge on any atom is 0.490 e. The molecule has 4 heterocycles. The second-order valence-electron chi connectivity index (χ2n) is 7.29. The quantitative estimate of drug-likeness (QED) is 0.771. The molecule has 1 spiro atoms. The van der Waals surface area contributed by atoms with Gasteiger partial charge in [0, 0.05) is 19.3 Å². The molecule has 2 fully saturated rings. The van der Waals surface area contributed by atoms with Crippen molar-refractivity contribution in [2.45, 2.75) is 37.4 Å². The Labute approximate surface area is 175 Å². The molecule has 2 aliphatic rings. The summed E-state index contributed by atoms with van der Waals surface area (Å²) < 4.78 is 37.0. The molecular weight excluding hydrogens is 419 g/mol. The van der Waals surface area contributed by atoms with Crippen molar-refractivity contribution >= 4 is 23.5 Å². The van der Waals surface area contributed by atoms with Crippen molar-refractivity contribution in [3.05, 3.63) is 48.7 Å². The van der Waals surface area contributed by atoms with Gasteiger partial charge in [0.05, 0.1) is 30.1 Å². The van der Waals surface area contributed by atoms with Crippen LogP contribution < -0.4 is 4.90 Å². The zero-order valence-electron chi connectivity index (χ0n) is 16.3. The number of carbonyl (C=O) groups is 3. The summed E-state index contributed by atoms with van der Waals surface area (Å²) in [6.45, 7) is 1.18. The van der Waals surface area contributed by atoms with Gasteiger partial charge < -0.3 is 19.3 Å². The number of rotatable bonds is 2. The Morgan fingerprint density at radius 3 is 2.52 bits per heavy atom. The predicted molar refractivity (Wildman–Crippen MR) is 101 cm³/mol. The lowest BCUT2D eigenvalue weighted by atomic mass is 9.85. The van der Waals surface area contributed by atoms with E-state index in [4.69, 9.17) is 14.3 Å². The number of nitrogens with zero attached hydrogens (tertiary/aromatic N) is 3. The number of hydrogen-bond donors (Lipinski definition) is 1. The third-order valence-corrected chi connectivity index (χ3v) is 5.26. The highest BCUT2D eigenvalue weighted by Gasteiger charge is 2.51. The van der Waals surface area contributed by atoms with E-state index in [0.29, 0.717) is 25.3 Å². The summed E-state index contributed by atoms with van der Waals surface area (Å²) in [7, 11) is 0. The molecule has 0 bridgehead atoms. The lowest BCUT2D eigenvalue weighted by Crippen LogP contribution is -2.56. The van der Waals surface area contributed by atoms with Gasteiger partial charge in [0.2, 0.25) is 5.91 Å². The number of pyridine rings is 1.